The Morgan fingerprint density at radius 3 is 2.66 bits per heavy atom. The third-order valence-corrected chi connectivity index (χ3v) is 5.31. The van der Waals surface area contributed by atoms with Gasteiger partial charge in [-0.25, -0.2) is 14.4 Å². The number of anilines is 2. The molecule has 29 heavy (non-hydrogen) atoms. The lowest BCUT2D eigenvalue weighted by atomic mass is 10.1. The van der Waals surface area contributed by atoms with Crippen molar-refractivity contribution in [2.45, 2.75) is 13.3 Å². The summed E-state index contributed by atoms with van der Waals surface area (Å²) in [5, 5.41) is 3.74. The first-order chi connectivity index (χ1) is 14.2. The van der Waals surface area contributed by atoms with Gasteiger partial charge in [0.1, 0.15) is 23.5 Å². The van der Waals surface area contributed by atoms with Gasteiger partial charge in [-0.05, 0) is 30.2 Å². The number of nitrogens with one attached hydrogen (secondary N) is 1. The number of carbonyl (C=O) groups is 1. The molecule has 0 aliphatic carbocycles. The van der Waals surface area contributed by atoms with Crippen molar-refractivity contribution in [1.29, 1.82) is 0 Å². The second kappa shape index (κ2) is 8.53. The molecule has 1 fully saturated rings. The quantitative estimate of drug-likeness (QED) is 0.722. The topological polar surface area (TPSA) is 61.4 Å². The lowest BCUT2D eigenvalue weighted by molar-refractivity contribution is -0.117. The third kappa shape index (κ3) is 4.19. The Hall–Kier alpha value is -3.06. The van der Waals surface area contributed by atoms with Gasteiger partial charge in [0.2, 0.25) is 5.91 Å². The van der Waals surface area contributed by atoms with E-state index in [4.69, 9.17) is 0 Å². The molecule has 150 valence electrons. The van der Waals surface area contributed by atoms with Gasteiger partial charge in [-0.2, -0.15) is 0 Å². The van der Waals surface area contributed by atoms with E-state index in [1.807, 2.05) is 30.3 Å². The molecule has 1 aliphatic heterocycles. The van der Waals surface area contributed by atoms with Gasteiger partial charge < -0.3 is 10.2 Å². The molecular formula is C22H24FN5O. The zero-order valence-electron chi connectivity index (χ0n) is 16.4. The van der Waals surface area contributed by atoms with E-state index >= 15 is 0 Å². The number of carbonyl (C=O) groups excluding carboxylic acids is 1. The fourth-order valence-electron chi connectivity index (χ4n) is 3.75. The van der Waals surface area contributed by atoms with Crippen LogP contribution in [-0.4, -0.2) is 53.5 Å². The van der Waals surface area contributed by atoms with Crippen LogP contribution >= 0.6 is 0 Å². The van der Waals surface area contributed by atoms with Gasteiger partial charge in [0, 0.05) is 37.3 Å². The standard InChI is InChI=1S/C22H24FN5O/c1-2-16-6-3-4-9-19(16)26-20(29)14-27-10-12-28(13-11-27)22-17-7-5-8-18(23)21(17)24-15-25-22/h3-9,15H,2,10-14H2,1H3,(H,26,29). The number of fused-ring (bicyclic) bond motifs is 1. The van der Waals surface area contributed by atoms with E-state index < -0.39 is 0 Å². The fraction of sp³-hybridized carbons (Fsp3) is 0.318. The second-order valence-corrected chi connectivity index (χ2v) is 7.16. The first-order valence-corrected chi connectivity index (χ1v) is 9.90. The van der Waals surface area contributed by atoms with Gasteiger partial charge in [0.05, 0.1) is 6.54 Å². The van der Waals surface area contributed by atoms with Crippen molar-refractivity contribution in [2.24, 2.45) is 0 Å². The van der Waals surface area contributed by atoms with Crippen LogP contribution in [0.15, 0.2) is 48.8 Å². The number of hydrogen-bond acceptors (Lipinski definition) is 5. The summed E-state index contributed by atoms with van der Waals surface area (Å²) >= 11 is 0. The fourth-order valence-corrected chi connectivity index (χ4v) is 3.75. The average Bonchev–Trinajstić information content (AvgIpc) is 2.75. The number of amides is 1. The lowest BCUT2D eigenvalue weighted by Gasteiger charge is -2.35. The molecule has 0 bridgehead atoms. The van der Waals surface area contributed by atoms with Crippen LogP contribution in [0.1, 0.15) is 12.5 Å². The molecule has 2 heterocycles. The molecule has 7 heteroatoms. The highest BCUT2D eigenvalue weighted by molar-refractivity contribution is 5.93. The van der Waals surface area contributed by atoms with E-state index in [0.29, 0.717) is 12.1 Å². The van der Waals surface area contributed by atoms with E-state index in [-0.39, 0.29) is 11.7 Å². The Kier molecular flexibility index (Phi) is 5.67. The SMILES string of the molecule is CCc1ccccc1NC(=O)CN1CCN(c2ncnc3c(F)cccc23)CC1. The molecule has 1 aromatic heterocycles. The number of aryl methyl sites for hydroxylation is 1. The number of hydrogen-bond donors (Lipinski definition) is 1. The first kappa shape index (κ1) is 19.3. The van der Waals surface area contributed by atoms with Gasteiger partial charge in [-0.1, -0.05) is 31.2 Å². The minimum Gasteiger partial charge on any atom is -0.353 e. The lowest BCUT2D eigenvalue weighted by Crippen LogP contribution is -2.49. The molecule has 0 unspecified atom stereocenters. The van der Waals surface area contributed by atoms with Crippen LogP contribution in [0.2, 0.25) is 0 Å². The molecule has 0 saturated carbocycles. The molecule has 1 saturated heterocycles. The normalized spacial score (nSPS) is 14.9. The average molecular weight is 393 g/mol. The van der Waals surface area contributed by atoms with Gasteiger partial charge in [0.25, 0.3) is 0 Å². The summed E-state index contributed by atoms with van der Waals surface area (Å²) in [6, 6.07) is 12.8. The van der Waals surface area contributed by atoms with Crippen LogP contribution in [0.3, 0.4) is 0 Å². The minimum atomic E-state index is -0.339. The molecule has 6 nitrogen and oxygen atoms in total. The number of rotatable bonds is 5. The number of aromatic nitrogens is 2. The van der Waals surface area contributed by atoms with Crippen LogP contribution in [0, 0.1) is 5.82 Å². The summed E-state index contributed by atoms with van der Waals surface area (Å²) in [5.41, 5.74) is 2.36. The smallest absolute Gasteiger partial charge is 0.238 e. The first-order valence-electron chi connectivity index (χ1n) is 9.90. The number of piperazine rings is 1. The summed E-state index contributed by atoms with van der Waals surface area (Å²) in [6.45, 7) is 5.36. The Morgan fingerprint density at radius 2 is 1.86 bits per heavy atom. The van der Waals surface area contributed by atoms with Crippen molar-refractivity contribution < 1.29 is 9.18 Å². The van der Waals surface area contributed by atoms with Crippen LogP contribution in [0.4, 0.5) is 15.9 Å². The van der Waals surface area contributed by atoms with Gasteiger partial charge in [0.15, 0.2) is 0 Å². The minimum absolute atomic E-state index is 0.00564. The Balaban J connectivity index is 1.38. The van der Waals surface area contributed by atoms with E-state index in [1.54, 1.807) is 6.07 Å². The van der Waals surface area contributed by atoms with Crippen molar-refractivity contribution in [3.05, 3.63) is 60.2 Å². The van der Waals surface area contributed by atoms with E-state index in [9.17, 15) is 9.18 Å². The van der Waals surface area contributed by atoms with Crippen molar-refractivity contribution in [3.63, 3.8) is 0 Å². The summed E-state index contributed by atoms with van der Waals surface area (Å²) in [6.07, 6.45) is 2.29. The molecule has 3 aromatic rings. The van der Waals surface area contributed by atoms with Crippen LogP contribution in [0.25, 0.3) is 10.9 Å². The molecule has 4 rings (SSSR count). The van der Waals surface area contributed by atoms with Gasteiger partial charge >= 0.3 is 0 Å². The van der Waals surface area contributed by atoms with Gasteiger partial charge in [-0.3, -0.25) is 9.69 Å². The number of halogens is 1. The second-order valence-electron chi connectivity index (χ2n) is 7.16. The van der Waals surface area contributed by atoms with E-state index in [2.05, 4.69) is 32.0 Å². The molecular weight excluding hydrogens is 369 g/mol. The summed E-state index contributed by atoms with van der Waals surface area (Å²) in [4.78, 5) is 25.2. The summed E-state index contributed by atoms with van der Waals surface area (Å²) in [7, 11) is 0. The van der Waals surface area contributed by atoms with Crippen LogP contribution < -0.4 is 10.2 Å². The van der Waals surface area contributed by atoms with E-state index in [0.717, 1.165) is 55.1 Å². The van der Waals surface area contributed by atoms with Crippen molar-refractivity contribution >= 4 is 28.3 Å². The molecule has 2 aromatic carbocycles. The van der Waals surface area contributed by atoms with Crippen LogP contribution in [0.5, 0.6) is 0 Å². The third-order valence-electron chi connectivity index (χ3n) is 5.31. The van der Waals surface area contributed by atoms with Crippen molar-refractivity contribution in [2.75, 3.05) is 42.9 Å². The highest BCUT2D eigenvalue weighted by atomic mass is 19.1. The largest absolute Gasteiger partial charge is 0.353 e. The predicted molar refractivity (Wildman–Crippen MR) is 113 cm³/mol. The van der Waals surface area contributed by atoms with Crippen molar-refractivity contribution in [3.8, 4) is 0 Å². The molecule has 1 amide bonds. The van der Waals surface area contributed by atoms with Crippen molar-refractivity contribution in [1.82, 2.24) is 14.9 Å². The number of para-hydroxylation sites is 2. The number of nitrogens with zero attached hydrogens (tertiary/aromatic N) is 4. The number of benzene rings is 2. The molecule has 1 aliphatic rings. The summed E-state index contributed by atoms with van der Waals surface area (Å²) < 4.78 is 14.0. The van der Waals surface area contributed by atoms with E-state index in [1.165, 1.54) is 12.4 Å². The maximum Gasteiger partial charge on any atom is 0.238 e. The Labute approximate surface area is 169 Å². The molecule has 0 atom stereocenters. The Morgan fingerprint density at radius 1 is 1.07 bits per heavy atom. The predicted octanol–water partition coefficient (Wildman–Crippen LogP) is 3.09. The highest BCUT2D eigenvalue weighted by Gasteiger charge is 2.22. The Bertz CT molecular complexity index is 1020. The molecule has 0 spiro atoms. The maximum absolute atomic E-state index is 14.0. The molecule has 1 N–H and O–H groups in total. The van der Waals surface area contributed by atoms with Gasteiger partial charge in [-0.15, -0.1) is 0 Å². The zero-order valence-corrected chi connectivity index (χ0v) is 16.4. The zero-order chi connectivity index (χ0) is 20.2. The highest BCUT2D eigenvalue weighted by Crippen LogP contribution is 2.25. The van der Waals surface area contributed by atoms with Crippen LogP contribution in [-0.2, 0) is 11.2 Å². The molecule has 0 radical (unpaired) electrons. The maximum atomic E-state index is 14.0. The summed E-state index contributed by atoms with van der Waals surface area (Å²) in [5.74, 6) is 0.401. The monoisotopic (exact) mass is 393 g/mol.